The molecule has 1 aliphatic carbocycles. The van der Waals surface area contributed by atoms with Gasteiger partial charge < -0.3 is 20.1 Å². The SMILES string of the molecule is COc1ccnc(CNC(C)C(=O)NC2CC2)c1OC. The van der Waals surface area contributed by atoms with Gasteiger partial charge in [-0.1, -0.05) is 0 Å². The van der Waals surface area contributed by atoms with Crippen molar-refractivity contribution in [3.05, 3.63) is 18.0 Å². The number of nitrogens with one attached hydrogen (secondary N) is 2. The van der Waals surface area contributed by atoms with E-state index >= 15 is 0 Å². The average molecular weight is 279 g/mol. The zero-order chi connectivity index (χ0) is 14.5. The summed E-state index contributed by atoms with van der Waals surface area (Å²) in [5.41, 5.74) is 0.720. The molecule has 1 saturated carbocycles. The second-order valence-corrected chi connectivity index (χ2v) is 4.88. The van der Waals surface area contributed by atoms with Crippen LogP contribution >= 0.6 is 0 Å². The van der Waals surface area contributed by atoms with Crippen molar-refractivity contribution in [3.63, 3.8) is 0 Å². The smallest absolute Gasteiger partial charge is 0.237 e. The highest BCUT2D eigenvalue weighted by atomic mass is 16.5. The molecule has 1 aromatic rings. The number of hydrogen-bond acceptors (Lipinski definition) is 5. The summed E-state index contributed by atoms with van der Waals surface area (Å²) < 4.78 is 10.5. The summed E-state index contributed by atoms with van der Waals surface area (Å²) in [4.78, 5) is 16.1. The Bertz CT molecular complexity index is 475. The number of nitrogens with zero attached hydrogens (tertiary/aromatic N) is 1. The molecule has 6 nitrogen and oxygen atoms in total. The molecule has 0 spiro atoms. The van der Waals surface area contributed by atoms with Gasteiger partial charge in [0.2, 0.25) is 5.91 Å². The zero-order valence-electron chi connectivity index (χ0n) is 12.1. The predicted octanol–water partition coefficient (Wildman–Crippen LogP) is 0.855. The summed E-state index contributed by atoms with van der Waals surface area (Å²) in [6.07, 6.45) is 3.83. The van der Waals surface area contributed by atoms with Gasteiger partial charge in [0, 0.05) is 24.8 Å². The van der Waals surface area contributed by atoms with Crippen LogP contribution in [0.5, 0.6) is 11.5 Å². The van der Waals surface area contributed by atoms with Crippen LogP contribution in [-0.2, 0) is 11.3 Å². The number of hydrogen-bond donors (Lipinski definition) is 2. The molecule has 1 fully saturated rings. The molecule has 20 heavy (non-hydrogen) atoms. The second-order valence-electron chi connectivity index (χ2n) is 4.88. The van der Waals surface area contributed by atoms with Crippen molar-refractivity contribution in [3.8, 4) is 11.5 Å². The van der Waals surface area contributed by atoms with Gasteiger partial charge >= 0.3 is 0 Å². The Kier molecular flexibility index (Phi) is 4.79. The lowest BCUT2D eigenvalue weighted by atomic mass is 10.2. The van der Waals surface area contributed by atoms with E-state index < -0.39 is 0 Å². The molecule has 0 aromatic carbocycles. The molecule has 1 unspecified atom stereocenters. The third-order valence-corrected chi connectivity index (χ3v) is 3.26. The minimum atomic E-state index is -0.270. The second kappa shape index (κ2) is 6.56. The van der Waals surface area contributed by atoms with Crippen molar-refractivity contribution in [1.82, 2.24) is 15.6 Å². The van der Waals surface area contributed by atoms with Crippen molar-refractivity contribution >= 4 is 5.91 Å². The lowest BCUT2D eigenvalue weighted by Gasteiger charge is -2.15. The Balaban J connectivity index is 1.93. The Morgan fingerprint density at radius 2 is 2.20 bits per heavy atom. The number of amides is 1. The fourth-order valence-electron chi connectivity index (χ4n) is 1.87. The molecule has 0 aliphatic heterocycles. The molecule has 2 N–H and O–H groups in total. The van der Waals surface area contributed by atoms with Crippen LogP contribution < -0.4 is 20.1 Å². The van der Waals surface area contributed by atoms with Gasteiger partial charge in [-0.2, -0.15) is 0 Å². The van der Waals surface area contributed by atoms with Gasteiger partial charge in [-0.25, -0.2) is 0 Å². The summed E-state index contributed by atoms with van der Waals surface area (Å²) in [7, 11) is 3.16. The summed E-state index contributed by atoms with van der Waals surface area (Å²) >= 11 is 0. The Hall–Kier alpha value is -1.82. The number of carbonyl (C=O) groups is 1. The van der Waals surface area contributed by atoms with Gasteiger partial charge in [-0.3, -0.25) is 9.78 Å². The first-order valence-electron chi connectivity index (χ1n) is 6.75. The standard InChI is InChI=1S/C14H21N3O3/c1-9(14(18)17-10-4-5-10)16-8-11-13(20-3)12(19-2)6-7-15-11/h6-7,9-10,16H,4-5,8H2,1-3H3,(H,17,18). The molecule has 0 bridgehead atoms. The Morgan fingerprint density at radius 3 is 2.80 bits per heavy atom. The third-order valence-electron chi connectivity index (χ3n) is 3.26. The zero-order valence-corrected chi connectivity index (χ0v) is 12.1. The number of aromatic nitrogens is 1. The molecule has 0 radical (unpaired) electrons. The quantitative estimate of drug-likeness (QED) is 0.774. The minimum absolute atomic E-state index is 0.0226. The van der Waals surface area contributed by atoms with E-state index in [2.05, 4.69) is 15.6 Å². The molecule has 110 valence electrons. The molecule has 1 aromatic heterocycles. The summed E-state index contributed by atoms with van der Waals surface area (Å²) in [5, 5.41) is 6.11. The summed E-state index contributed by atoms with van der Waals surface area (Å²) in [6, 6.07) is 1.84. The van der Waals surface area contributed by atoms with Crippen LogP contribution in [0.4, 0.5) is 0 Å². The van der Waals surface area contributed by atoms with Crippen LogP contribution in [0.1, 0.15) is 25.5 Å². The van der Waals surface area contributed by atoms with E-state index in [1.54, 1.807) is 26.5 Å². The van der Waals surface area contributed by atoms with E-state index in [9.17, 15) is 4.79 Å². The molecule has 6 heteroatoms. The highest BCUT2D eigenvalue weighted by Crippen LogP contribution is 2.28. The molecule has 0 saturated heterocycles. The highest BCUT2D eigenvalue weighted by molar-refractivity contribution is 5.81. The van der Waals surface area contributed by atoms with Gasteiger partial charge in [0.05, 0.1) is 26.0 Å². The lowest BCUT2D eigenvalue weighted by molar-refractivity contribution is -0.122. The number of pyridine rings is 1. The number of ether oxygens (including phenoxy) is 2. The summed E-state index contributed by atoms with van der Waals surface area (Å²) in [6.45, 7) is 2.28. The maximum atomic E-state index is 11.8. The monoisotopic (exact) mass is 279 g/mol. The van der Waals surface area contributed by atoms with Crippen molar-refractivity contribution in [2.24, 2.45) is 0 Å². The fraction of sp³-hybridized carbons (Fsp3) is 0.571. The number of methoxy groups -OCH3 is 2. The van der Waals surface area contributed by atoms with Crippen molar-refractivity contribution in [1.29, 1.82) is 0 Å². The minimum Gasteiger partial charge on any atom is -0.493 e. The van der Waals surface area contributed by atoms with E-state index in [0.717, 1.165) is 18.5 Å². The van der Waals surface area contributed by atoms with Crippen molar-refractivity contribution in [2.75, 3.05) is 14.2 Å². The number of rotatable bonds is 7. The van der Waals surface area contributed by atoms with Crippen molar-refractivity contribution < 1.29 is 14.3 Å². The third kappa shape index (κ3) is 3.60. The van der Waals surface area contributed by atoms with Crippen LogP contribution in [-0.4, -0.2) is 37.2 Å². The largest absolute Gasteiger partial charge is 0.493 e. The molecule has 1 aliphatic rings. The van der Waals surface area contributed by atoms with E-state index in [1.165, 1.54) is 0 Å². The van der Waals surface area contributed by atoms with E-state index in [0.29, 0.717) is 24.1 Å². The molecule has 1 heterocycles. The first kappa shape index (κ1) is 14.6. The fourth-order valence-corrected chi connectivity index (χ4v) is 1.87. The van der Waals surface area contributed by atoms with Gasteiger partial charge in [0.15, 0.2) is 11.5 Å². The topological polar surface area (TPSA) is 72.5 Å². The van der Waals surface area contributed by atoms with Crippen LogP contribution in [0, 0.1) is 0 Å². The van der Waals surface area contributed by atoms with E-state index in [-0.39, 0.29) is 11.9 Å². The van der Waals surface area contributed by atoms with Crippen LogP contribution in [0.3, 0.4) is 0 Å². The lowest BCUT2D eigenvalue weighted by Crippen LogP contribution is -2.42. The normalized spacial score (nSPS) is 15.6. The Labute approximate surface area is 118 Å². The maximum Gasteiger partial charge on any atom is 0.237 e. The molecule has 1 amide bonds. The predicted molar refractivity (Wildman–Crippen MR) is 74.8 cm³/mol. The van der Waals surface area contributed by atoms with Crippen LogP contribution in [0.15, 0.2) is 12.3 Å². The van der Waals surface area contributed by atoms with Crippen molar-refractivity contribution in [2.45, 2.75) is 38.4 Å². The Morgan fingerprint density at radius 1 is 1.45 bits per heavy atom. The van der Waals surface area contributed by atoms with Crippen LogP contribution in [0.25, 0.3) is 0 Å². The number of carbonyl (C=O) groups excluding carboxylic acids is 1. The first-order valence-corrected chi connectivity index (χ1v) is 6.75. The van der Waals surface area contributed by atoms with Gasteiger partial charge in [0.25, 0.3) is 0 Å². The molecular weight excluding hydrogens is 258 g/mol. The van der Waals surface area contributed by atoms with Gasteiger partial charge in [-0.05, 0) is 19.8 Å². The maximum absolute atomic E-state index is 11.8. The van der Waals surface area contributed by atoms with E-state index in [4.69, 9.17) is 9.47 Å². The molecule has 1 atom stereocenters. The van der Waals surface area contributed by atoms with Crippen LogP contribution in [0.2, 0.25) is 0 Å². The summed E-state index contributed by atoms with van der Waals surface area (Å²) in [5.74, 6) is 1.25. The van der Waals surface area contributed by atoms with E-state index in [1.807, 2.05) is 6.92 Å². The molecular formula is C14H21N3O3. The molecule has 2 rings (SSSR count). The van der Waals surface area contributed by atoms with Gasteiger partial charge in [-0.15, -0.1) is 0 Å². The first-order chi connectivity index (χ1) is 9.65. The average Bonchev–Trinajstić information content (AvgIpc) is 3.27. The highest BCUT2D eigenvalue weighted by Gasteiger charge is 2.25. The van der Waals surface area contributed by atoms with Gasteiger partial charge in [0.1, 0.15) is 0 Å².